The first-order valence-electron chi connectivity index (χ1n) is 6.57. The van der Waals surface area contributed by atoms with Crippen LogP contribution in [-0.4, -0.2) is 33.6 Å². The maximum Gasteiger partial charge on any atom is 0.322 e. The minimum atomic E-state index is -0.364. The summed E-state index contributed by atoms with van der Waals surface area (Å²) in [7, 11) is 0. The van der Waals surface area contributed by atoms with E-state index in [1.807, 2.05) is 30.3 Å². The van der Waals surface area contributed by atoms with Crippen molar-refractivity contribution in [2.75, 3.05) is 6.61 Å². The molecule has 6 nitrogen and oxygen atoms in total. The van der Waals surface area contributed by atoms with Crippen molar-refractivity contribution in [3.63, 3.8) is 0 Å². The van der Waals surface area contributed by atoms with Crippen molar-refractivity contribution in [2.24, 2.45) is 0 Å². The summed E-state index contributed by atoms with van der Waals surface area (Å²) in [5.41, 5.74) is 1.67. The topological polar surface area (TPSA) is 69.0 Å². The van der Waals surface area contributed by atoms with E-state index in [-0.39, 0.29) is 12.0 Å². The van der Waals surface area contributed by atoms with Gasteiger partial charge in [-0.2, -0.15) is 15.0 Å². The molecule has 1 heterocycles. The van der Waals surface area contributed by atoms with Crippen molar-refractivity contribution in [3.05, 3.63) is 42.2 Å². The number of ether oxygens (including phenoxy) is 1. The summed E-state index contributed by atoms with van der Waals surface area (Å²) in [6.45, 7) is 4.40. The maximum absolute atomic E-state index is 11.5. The first kappa shape index (κ1) is 14.2. The third-order valence-electron chi connectivity index (χ3n) is 2.76. The second kappa shape index (κ2) is 6.81. The lowest BCUT2D eigenvalue weighted by Crippen LogP contribution is -2.35. The van der Waals surface area contributed by atoms with Gasteiger partial charge in [-0.3, -0.25) is 10.1 Å². The average molecular weight is 274 g/mol. The van der Waals surface area contributed by atoms with E-state index in [0.717, 1.165) is 11.4 Å². The highest BCUT2D eigenvalue weighted by Crippen LogP contribution is 2.04. The Morgan fingerprint density at radius 3 is 2.85 bits per heavy atom. The van der Waals surface area contributed by atoms with Gasteiger partial charge in [0.25, 0.3) is 0 Å². The molecule has 0 radical (unpaired) electrons. The summed E-state index contributed by atoms with van der Waals surface area (Å²) >= 11 is 0. The van der Waals surface area contributed by atoms with E-state index < -0.39 is 0 Å². The van der Waals surface area contributed by atoms with Crippen LogP contribution in [0.25, 0.3) is 5.69 Å². The van der Waals surface area contributed by atoms with Crippen molar-refractivity contribution in [2.45, 2.75) is 26.4 Å². The van der Waals surface area contributed by atoms with E-state index in [1.54, 1.807) is 24.8 Å². The Kier molecular flexibility index (Phi) is 4.84. The highest BCUT2D eigenvalue weighted by atomic mass is 16.5. The van der Waals surface area contributed by atoms with Gasteiger partial charge in [0.05, 0.1) is 24.2 Å². The van der Waals surface area contributed by atoms with Gasteiger partial charge in [0.1, 0.15) is 6.04 Å². The Hall–Kier alpha value is -2.21. The number of carbonyl (C=O) groups excluding carboxylic acids is 1. The lowest BCUT2D eigenvalue weighted by Gasteiger charge is -2.10. The molecule has 1 N–H and O–H groups in total. The molecule has 1 aromatic carbocycles. The standard InChI is InChI=1S/C14H18N4O2/c1-3-20-14(19)11(2)15-9-12-10-16-18(17-12)13-7-5-4-6-8-13/h4-8,10-11,15H,3,9H2,1-2H3. The molecule has 20 heavy (non-hydrogen) atoms. The van der Waals surface area contributed by atoms with E-state index in [1.165, 1.54) is 0 Å². The molecule has 0 bridgehead atoms. The molecule has 2 rings (SSSR count). The van der Waals surface area contributed by atoms with Gasteiger partial charge in [-0.05, 0) is 26.0 Å². The van der Waals surface area contributed by atoms with Gasteiger partial charge in [-0.1, -0.05) is 18.2 Å². The van der Waals surface area contributed by atoms with Crippen LogP contribution in [0.4, 0.5) is 0 Å². The van der Waals surface area contributed by atoms with Crippen LogP contribution in [0, 0.1) is 0 Å². The number of benzene rings is 1. The molecular weight excluding hydrogens is 256 g/mol. The molecular formula is C14H18N4O2. The highest BCUT2D eigenvalue weighted by Gasteiger charge is 2.13. The van der Waals surface area contributed by atoms with Crippen molar-refractivity contribution in [1.82, 2.24) is 20.3 Å². The van der Waals surface area contributed by atoms with Crippen LogP contribution in [0.3, 0.4) is 0 Å². The zero-order valence-electron chi connectivity index (χ0n) is 11.6. The third kappa shape index (κ3) is 3.64. The van der Waals surface area contributed by atoms with Crippen LogP contribution in [0.15, 0.2) is 36.5 Å². The average Bonchev–Trinajstić information content (AvgIpc) is 2.95. The predicted molar refractivity (Wildman–Crippen MR) is 74.3 cm³/mol. The predicted octanol–water partition coefficient (Wildman–Crippen LogP) is 1.31. The Balaban J connectivity index is 1.92. The van der Waals surface area contributed by atoms with Gasteiger partial charge in [-0.15, -0.1) is 0 Å². The van der Waals surface area contributed by atoms with E-state index in [9.17, 15) is 4.79 Å². The molecule has 1 atom stereocenters. The molecule has 1 aromatic heterocycles. The number of nitrogens with zero attached hydrogens (tertiary/aromatic N) is 3. The summed E-state index contributed by atoms with van der Waals surface area (Å²) < 4.78 is 4.92. The quantitative estimate of drug-likeness (QED) is 0.804. The number of nitrogens with one attached hydrogen (secondary N) is 1. The smallest absolute Gasteiger partial charge is 0.322 e. The minimum absolute atomic E-state index is 0.261. The van der Waals surface area contributed by atoms with Crippen LogP contribution in [0.2, 0.25) is 0 Å². The summed E-state index contributed by atoms with van der Waals surface area (Å²) in [5.74, 6) is -0.261. The van der Waals surface area contributed by atoms with E-state index in [4.69, 9.17) is 4.74 Å². The van der Waals surface area contributed by atoms with Gasteiger partial charge in [-0.25, -0.2) is 0 Å². The van der Waals surface area contributed by atoms with Crippen molar-refractivity contribution in [1.29, 1.82) is 0 Å². The number of hydrogen-bond acceptors (Lipinski definition) is 5. The van der Waals surface area contributed by atoms with E-state index >= 15 is 0 Å². The number of rotatable bonds is 6. The minimum Gasteiger partial charge on any atom is -0.465 e. The van der Waals surface area contributed by atoms with Crippen LogP contribution in [0.1, 0.15) is 19.5 Å². The molecule has 1 unspecified atom stereocenters. The molecule has 2 aromatic rings. The van der Waals surface area contributed by atoms with Crippen LogP contribution in [-0.2, 0) is 16.1 Å². The molecule has 0 fully saturated rings. The molecule has 6 heteroatoms. The summed E-state index contributed by atoms with van der Waals surface area (Å²) in [5, 5.41) is 11.6. The number of esters is 1. The number of para-hydroxylation sites is 1. The van der Waals surface area contributed by atoms with Crippen LogP contribution in [0.5, 0.6) is 0 Å². The number of carbonyl (C=O) groups is 1. The van der Waals surface area contributed by atoms with Crippen LogP contribution < -0.4 is 5.32 Å². The van der Waals surface area contributed by atoms with Crippen molar-refractivity contribution in [3.8, 4) is 5.69 Å². The van der Waals surface area contributed by atoms with Crippen LogP contribution >= 0.6 is 0 Å². The molecule has 0 saturated heterocycles. The molecule has 0 saturated carbocycles. The third-order valence-corrected chi connectivity index (χ3v) is 2.76. The summed E-state index contributed by atoms with van der Waals surface area (Å²) in [6, 6.07) is 9.29. The number of aromatic nitrogens is 3. The van der Waals surface area contributed by atoms with Crippen molar-refractivity contribution >= 4 is 5.97 Å². The van der Waals surface area contributed by atoms with Gasteiger partial charge in [0, 0.05) is 6.54 Å². The SMILES string of the molecule is CCOC(=O)C(C)NCc1cnn(-c2ccccc2)n1. The summed E-state index contributed by atoms with van der Waals surface area (Å²) in [4.78, 5) is 13.0. The fourth-order valence-electron chi connectivity index (χ4n) is 1.67. The largest absolute Gasteiger partial charge is 0.465 e. The summed E-state index contributed by atoms with van der Waals surface area (Å²) in [6.07, 6.45) is 1.68. The van der Waals surface area contributed by atoms with E-state index in [2.05, 4.69) is 15.5 Å². The van der Waals surface area contributed by atoms with Crippen molar-refractivity contribution < 1.29 is 9.53 Å². The fraction of sp³-hybridized carbons (Fsp3) is 0.357. The maximum atomic E-state index is 11.5. The Morgan fingerprint density at radius 1 is 1.40 bits per heavy atom. The van der Waals surface area contributed by atoms with E-state index in [0.29, 0.717) is 13.2 Å². The second-order valence-corrected chi connectivity index (χ2v) is 4.32. The molecule has 0 aliphatic rings. The second-order valence-electron chi connectivity index (χ2n) is 4.32. The van der Waals surface area contributed by atoms with Gasteiger partial charge in [0.2, 0.25) is 0 Å². The Labute approximate surface area is 117 Å². The first-order valence-corrected chi connectivity index (χ1v) is 6.57. The van der Waals surface area contributed by atoms with Gasteiger partial charge >= 0.3 is 5.97 Å². The zero-order chi connectivity index (χ0) is 14.4. The monoisotopic (exact) mass is 274 g/mol. The molecule has 0 spiro atoms. The highest BCUT2D eigenvalue weighted by molar-refractivity contribution is 5.75. The number of hydrogen-bond donors (Lipinski definition) is 1. The Bertz CT molecular complexity index is 553. The lowest BCUT2D eigenvalue weighted by atomic mass is 10.3. The van der Waals surface area contributed by atoms with Gasteiger partial charge in [0.15, 0.2) is 0 Å². The molecule has 0 aliphatic carbocycles. The molecule has 106 valence electrons. The lowest BCUT2D eigenvalue weighted by molar-refractivity contribution is -0.145. The Morgan fingerprint density at radius 2 is 2.15 bits per heavy atom. The fourth-order valence-corrected chi connectivity index (χ4v) is 1.67. The molecule has 0 aliphatic heterocycles. The first-order chi connectivity index (χ1) is 9.70. The van der Waals surface area contributed by atoms with Gasteiger partial charge < -0.3 is 4.74 Å². The zero-order valence-corrected chi connectivity index (χ0v) is 11.6. The normalized spacial score (nSPS) is 12.1. The molecule has 0 amide bonds.